The average Bonchev–Trinajstić information content (AvgIpc) is 1.85. The fourth-order valence-electron chi connectivity index (χ4n) is 0.216. The molecule has 0 aromatic rings. The molecule has 0 aliphatic rings. The first-order chi connectivity index (χ1) is 4.95. The van der Waals surface area contributed by atoms with Gasteiger partial charge in [-0.2, -0.15) is 4.89 Å². The minimum Gasteiger partial charge on any atom is -0.269 e. The molecule has 0 aromatic carbocycles. The second kappa shape index (κ2) is 4.31. The maximum atomic E-state index is 10.5. The van der Waals surface area contributed by atoms with Crippen molar-refractivity contribution in [2.45, 2.75) is 39.7 Å². The summed E-state index contributed by atoms with van der Waals surface area (Å²) in [6.45, 7) is 7.02. The van der Waals surface area contributed by atoms with Gasteiger partial charge < -0.3 is 0 Å². The molecule has 0 atom stereocenters. The highest BCUT2D eigenvalue weighted by Gasteiger charge is 2.13. The van der Waals surface area contributed by atoms with Gasteiger partial charge in [0.05, 0.1) is 5.60 Å². The Morgan fingerprint density at radius 3 is 2.27 bits per heavy atom. The number of carbonyl (C=O) groups excluding carboxylic acids is 1. The number of carbonyl (C=O) groups is 1. The van der Waals surface area contributed by atoms with Crippen LogP contribution in [0.15, 0.2) is 0 Å². The van der Waals surface area contributed by atoms with Crippen molar-refractivity contribution in [1.29, 1.82) is 0 Å². The summed E-state index contributed by atoms with van der Waals surface area (Å²) in [4.78, 5) is 19.3. The van der Waals surface area contributed by atoms with Crippen LogP contribution in [-0.4, -0.2) is 11.6 Å². The van der Waals surface area contributed by atoms with Crippen molar-refractivity contribution >= 4 is 5.97 Å². The lowest BCUT2D eigenvalue weighted by Gasteiger charge is -2.14. The third kappa shape index (κ3) is 7.29. The first kappa shape index (κ1) is 10.4. The number of hydrogen-bond acceptors (Lipinski definition) is 4. The minimum absolute atomic E-state index is 0.271. The lowest BCUT2D eigenvalue weighted by atomic mass is 10.2. The van der Waals surface area contributed by atoms with Crippen molar-refractivity contribution in [3.8, 4) is 0 Å². The highest BCUT2D eigenvalue weighted by molar-refractivity contribution is 5.68. The molecule has 0 rings (SSSR count). The van der Waals surface area contributed by atoms with Crippen LogP contribution in [0.2, 0.25) is 0 Å². The van der Waals surface area contributed by atoms with Gasteiger partial charge in [0, 0.05) is 6.42 Å². The minimum atomic E-state index is -0.464. The van der Waals surface area contributed by atoms with Crippen LogP contribution in [-0.2, 0) is 19.6 Å². The predicted octanol–water partition coefficient (Wildman–Crippen LogP) is 1.60. The van der Waals surface area contributed by atoms with Gasteiger partial charge in [-0.25, -0.2) is 4.79 Å². The molecule has 0 saturated carbocycles. The van der Waals surface area contributed by atoms with E-state index in [-0.39, 0.29) is 6.42 Å². The Kier molecular flexibility index (Phi) is 4.07. The van der Waals surface area contributed by atoms with Crippen LogP contribution in [0, 0.1) is 0 Å². The molecular weight excluding hydrogens is 148 g/mol. The van der Waals surface area contributed by atoms with Gasteiger partial charge in [-0.15, -0.1) is 0 Å². The fourth-order valence-corrected chi connectivity index (χ4v) is 0.216. The SMILES string of the molecule is CCC(=O)OOOC(C)(C)C. The first-order valence-electron chi connectivity index (χ1n) is 3.51. The van der Waals surface area contributed by atoms with Crippen molar-refractivity contribution in [2.75, 3.05) is 0 Å². The number of rotatable bonds is 3. The average molecular weight is 162 g/mol. The Labute approximate surface area is 66.3 Å². The molecular formula is C7H14O4. The molecule has 0 aromatic heterocycles. The van der Waals surface area contributed by atoms with Crippen molar-refractivity contribution in [3.63, 3.8) is 0 Å². The highest BCUT2D eigenvalue weighted by atomic mass is 17.5. The van der Waals surface area contributed by atoms with Crippen LogP contribution < -0.4 is 0 Å². The summed E-state index contributed by atoms with van der Waals surface area (Å²) in [5, 5.41) is 4.20. The molecule has 0 aliphatic heterocycles. The van der Waals surface area contributed by atoms with Crippen molar-refractivity contribution in [2.24, 2.45) is 0 Å². The summed E-state index contributed by atoms with van der Waals surface area (Å²) >= 11 is 0. The van der Waals surface area contributed by atoms with Crippen LogP contribution >= 0.6 is 0 Å². The van der Waals surface area contributed by atoms with Crippen molar-refractivity contribution in [1.82, 2.24) is 0 Å². The van der Waals surface area contributed by atoms with Crippen LogP contribution in [0.25, 0.3) is 0 Å². The highest BCUT2D eigenvalue weighted by Crippen LogP contribution is 2.07. The molecule has 0 amide bonds. The second-order valence-corrected chi connectivity index (χ2v) is 3.07. The maximum Gasteiger partial charge on any atom is 0.345 e. The Hall–Kier alpha value is -0.610. The zero-order chi connectivity index (χ0) is 8.91. The molecule has 0 unspecified atom stereocenters. The van der Waals surface area contributed by atoms with Gasteiger partial charge in [-0.1, -0.05) is 6.92 Å². The summed E-state index contributed by atoms with van der Waals surface area (Å²) in [7, 11) is 0. The number of hydrogen-bond donors (Lipinski definition) is 0. The molecule has 0 radical (unpaired) electrons. The molecule has 4 nitrogen and oxygen atoms in total. The van der Waals surface area contributed by atoms with E-state index < -0.39 is 11.6 Å². The third-order valence-corrected chi connectivity index (χ3v) is 0.700. The van der Waals surface area contributed by atoms with E-state index in [9.17, 15) is 4.79 Å². The summed E-state index contributed by atoms with van der Waals surface area (Å²) in [5.74, 6) is -0.450. The third-order valence-electron chi connectivity index (χ3n) is 0.700. The topological polar surface area (TPSA) is 44.8 Å². The van der Waals surface area contributed by atoms with E-state index in [4.69, 9.17) is 0 Å². The standard InChI is InChI=1S/C7H14O4/c1-5-6(8)9-11-10-7(2,3)4/h5H2,1-4H3. The van der Waals surface area contributed by atoms with E-state index in [1.54, 1.807) is 27.7 Å². The van der Waals surface area contributed by atoms with Crippen LogP contribution in [0.5, 0.6) is 0 Å². The zero-order valence-electron chi connectivity index (χ0n) is 7.34. The molecule has 0 N–H and O–H groups in total. The van der Waals surface area contributed by atoms with E-state index in [2.05, 4.69) is 14.8 Å². The summed E-state index contributed by atoms with van der Waals surface area (Å²) in [5.41, 5.74) is -0.464. The molecule has 0 heterocycles. The van der Waals surface area contributed by atoms with E-state index in [0.717, 1.165) is 0 Å². The molecule has 0 fully saturated rings. The van der Waals surface area contributed by atoms with Gasteiger partial charge in [-0.3, -0.25) is 4.89 Å². The van der Waals surface area contributed by atoms with Gasteiger partial charge in [-0.05, 0) is 25.8 Å². The molecule has 0 spiro atoms. The molecule has 0 aliphatic carbocycles. The van der Waals surface area contributed by atoms with E-state index in [1.807, 2.05) is 0 Å². The van der Waals surface area contributed by atoms with Crippen LogP contribution in [0.4, 0.5) is 0 Å². The molecule has 0 saturated heterocycles. The smallest absolute Gasteiger partial charge is 0.269 e. The van der Waals surface area contributed by atoms with Crippen LogP contribution in [0.3, 0.4) is 0 Å². The van der Waals surface area contributed by atoms with Gasteiger partial charge in [0.1, 0.15) is 0 Å². The molecule has 4 heteroatoms. The maximum absolute atomic E-state index is 10.5. The monoisotopic (exact) mass is 162 g/mol. The van der Waals surface area contributed by atoms with Crippen molar-refractivity contribution in [3.05, 3.63) is 0 Å². The largest absolute Gasteiger partial charge is 0.345 e. The quantitative estimate of drug-likeness (QED) is 0.467. The van der Waals surface area contributed by atoms with Crippen LogP contribution in [0.1, 0.15) is 34.1 Å². The molecule has 11 heavy (non-hydrogen) atoms. The van der Waals surface area contributed by atoms with Crippen molar-refractivity contribution < 1.29 is 19.6 Å². The Bertz CT molecular complexity index is 125. The fraction of sp³-hybridized carbons (Fsp3) is 0.857. The van der Waals surface area contributed by atoms with Gasteiger partial charge in [0.2, 0.25) is 0 Å². The predicted molar refractivity (Wildman–Crippen MR) is 38.3 cm³/mol. The second-order valence-electron chi connectivity index (χ2n) is 3.07. The van der Waals surface area contributed by atoms with Gasteiger partial charge in [0.25, 0.3) is 0 Å². The van der Waals surface area contributed by atoms with E-state index in [0.29, 0.717) is 0 Å². The van der Waals surface area contributed by atoms with E-state index in [1.165, 1.54) is 0 Å². The summed E-state index contributed by atoms with van der Waals surface area (Å²) < 4.78 is 0. The lowest BCUT2D eigenvalue weighted by molar-refractivity contribution is -0.514. The lowest BCUT2D eigenvalue weighted by Crippen LogP contribution is -2.20. The summed E-state index contributed by atoms with van der Waals surface area (Å²) in [6, 6.07) is 0. The Morgan fingerprint density at radius 1 is 1.36 bits per heavy atom. The molecule has 66 valence electrons. The van der Waals surface area contributed by atoms with Gasteiger partial charge in [0.15, 0.2) is 0 Å². The zero-order valence-corrected chi connectivity index (χ0v) is 7.34. The first-order valence-corrected chi connectivity index (χ1v) is 3.51. The van der Waals surface area contributed by atoms with E-state index >= 15 is 0 Å². The molecule has 0 bridgehead atoms. The normalized spacial score (nSPS) is 11.3. The Balaban J connectivity index is 3.35. The Morgan fingerprint density at radius 2 is 1.91 bits per heavy atom. The summed E-state index contributed by atoms with van der Waals surface area (Å²) in [6.07, 6.45) is 0.271. The van der Waals surface area contributed by atoms with Gasteiger partial charge >= 0.3 is 5.97 Å².